The number of rotatable bonds is 39. The lowest BCUT2D eigenvalue weighted by Gasteiger charge is -2.20. The molecule has 0 aliphatic rings. The summed E-state index contributed by atoms with van der Waals surface area (Å²) in [5.41, 5.74) is 5.36. The highest BCUT2D eigenvalue weighted by Gasteiger charge is 2.25. The monoisotopic (exact) mass is 704 g/mol. The Morgan fingerprint density at radius 3 is 1.52 bits per heavy atom. The molecule has 9 heteroatoms. The van der Waals surface area contributed by atoms with Crippen molar-refractivity contribution in [2.45, 2.75) is 200 Å². The van der Waals surface area contributed by atoms with Gasteiger partial charge in [-0.05, 0) is 38.5 Å². The van der Waals surface area contributed by atoms with Crippen molar-refractivity contribution in [1.82, 2.24) is 0 Å². The summed E-state index contributed by atoms with van der Waals surface area (Å²) in [5, 5.41) is 0. The number of phosphoric ester groups is 1. The molecule has 2 atom stereocenters. The Bertz CT molecular complexity index is 752. The molecule has 0 aromatic carbocycles. The molecule has 0 rings (SSSR count). The van der Waals surface area contributed by atoms with Gasteiger partial charge in [0.25, 0.3) is 0 Å². The van der Waals surface area contributed by atoms with E-state index in [9.17, 15) is 14.3 Å². The van der Waals surface area contributed by atoms with Crippen LogP contribution in [-0.4, -0.2) is 49.9 Å². The molecule has 0 aliphatic heterocycles. The van der Waals surface area contributed by atoms with Gasteiger partial charge in [0.2, 0.25) is 0 Å². The predicted molar refractivity (Wildman–Crippen MR) is 201 cm³/mol. The van der Waals surface area contributed by atoms with Gasteiger partial charge in [-0.25, -0.2) is 4.57 Å². The van der Waals surface area contributed by atoms with Crippen molar-refractivity contribution in [2.75, 3.05) is 33.0 Å². The van der Waals surface area contributed by atoms with Crippen LogP contribution in [0.5, 0.6) is 0 Å². The first-order valence-corrected chi connectivity index (χ1v) is 21.7. The van der Waals surface area contributed by atoms with Crippen molar-refractivity contribution >= 4 is 13.8 Å². The Morgan fingerprint density at radius 2 is 1.04 bits per heavy atom. The minimum absolute atomic E-state index is 0.0935. The largest absolute Gasteiger partial charge is 0.472 e. The van der Waals surface area contributed by atoms with Crippen molar-refractivity contribution < 1.29 is 32.8 Å². The lowest BCUT2D eigenvalue weighted by atomic mass is 10.0. The fraction of sp³-hybridized carbons (Fsp3) is 0.923. The highest BCUT2D eigenvalue weighted by Crippen LogP contribution is 2.43. The summed E-state index contributed by atoms with van der Waals surface area (Å²) in [6.45, 7) is 4.93. The number of hydrogen-bond acceptors (Lipinski definition) is 7. The smallest absolute Gasteiger partial charge is 0.457 e. The maximum atomic E-state index is 12.5. The van der Waals surface area contributed by atoms with Crippen LogP contribution >= 0.6 is 7.82 Å². The number of hydrogen-bond donors (Lipinski definition) is 2. The van der Waals surface area contributed by atoms with Gasteiger partial charge in [0.15, 0.2) is 0 Å². The van der Waals surface area contributed by atoms with Crippen LogP contribution in [0.4, 0.5) is 0 Å². The summed E-state index contributed by atoms with van der Waals surface area (Å²) >= 11 is 0. The quantitative estimate of drug-likeness (QED) is 0.0281. The van der Waals surface area contributed by atoms with Gasteiger partial charge >= 0.3 is 13.8 Å². The molecule has 8 nitrogen and oxygen atoms in total. The average Bonchev–Trinajstić information content (AvgIpc) is 3.07. The van der Waals surface area contributed by atoms with E-state index in [1.54, 1.807) is 0 Å². The summed E-state index contributed by atoms with van der Waals surface area (Å²) < 4.78 is 33.3. The Labute approximate surface area is 296 Å². The molecule has 0 saturated heterocycles. The fourth-order valence-electron chi connectivity index (χ4n) is 5.70. The van der Waals surface area contributed by atoms with E-state index in [0.717, 1.165) is 32.1 Å². The number of unbranched alkanes of at least 4 members (excludes halogenated alkanes) is 24. The van der Waals surface area contributed by atoms with Crippen LogP contribution in [0.2, 0.25) is 0 Å². The summed E-state index contributed by atoms with van der Waals surface area (Å²) in [7, 11) is -4.27. The van der Waals surface area contributed by atoms with Gasteiger partial charge in [0.05, 0.1) is 19.8 Å². The van der Waals surface area contributed by atoms with Crippen molar-refractivity contribution in [1.29, 1.82) is 0 Å². The van der Waals surface area contributed by atoms with Crippen LogP contribution in [0.15, 0.2) is 12.2 Å². The molecule has 286 valence electrons. The number of esters is 1. The molecule has 0 radical (unpaired) electrons. The number of nitrogens with two attached hydrogens (primary N) is 1. The van der Waals surface area contributed by atoms with Crippen molar-refractivity contribution in [3.8, 4) is 0 Å². The molecule has 0 amide bonds. The van der Waals surface area contributed by atoms with Gasteiger partial charge < -0.3 is 20.1 Å². The first-order chi connectivity index (χ1) is 23.4. The maximum Gasteiger partial charge on any atom is 0.472 e. The van der Waals surface area contributed by atoms with E-state index in [1.807, 2.05) is 0 Å². The first kappa shape index (κ1) is 47.2. The van der Waals surface area contributed by atoms with E-state index in [4.69, 9.17) is 24.3 Å². The highest BCUT2D eigenvalue weighted by atomic mass is 31.2. The molecule has 0 aromatic rings. The zero-order chi connectivity index (χ0) is 35.2. The van der Waals surface area contributed by atoms with E-state index < -0.39 is 13.9 Å². The number of phosphoric acid groups is 1. The van der Waals surface area contributed by atoms with E-state index in [2.05, 4.69) is 26.0 Å². The van der Waals surface area contributed by atoms with E-state index in [1.165, 1.54) is 141 Å². The van der Waals surface area contributed by atoms with Crippen LogP contribution in [-0.2, 0) is 27.9 Å². The second-order valence-corrected chi connectivity index (χ2v) is 15.0. The van der Waals surface area contributed by atoms with Gasteiger partial charge in [-0.1, -0.05) is 161 Å². The van der Waals surface area contributed by atoms with Crippen molar-refractivity contribution in [3.05, 3.63) is 12.2 Å². The zero-order valence-electron chi connectivity index (χ0n) is 31.5. The third-order valence-corrected chi connectivity index (χ3v) is 9.67. The molecular formula is C39H78NO7P. The standard InChI is InChI=1S/C39H78NO7P/c1-3-5-7-9-11-13-15-17-18-19-21-23-25-27-29-31-34-44-36-38(37-46-48(42,43)45-35-33-40)47-39(41)32-30-28-26-24-22-20-16-14-12-10-8-6-4-2/h17-18,38H,3-16,19-37,40H2,1-2H3,(H,42,43)/b18-17-/t38-/m1/s1. The van der Waals surface area contributed by atoms with Crippen LogP contribution in [0.1, 0.15) is 194 Å². The van der Waals surface area contributed by atoms with Gasteiger partial charge in [0.1, 0.15) is 6.10 Å². The summed E-state index contributed by atoms with van der Waals surface area (Å²) in [6, 6.07) is 0. The molecule has 0 aromatic heterocycles. The normalized spacial score (nSPS) is 13.7. The van der Waals surface area contributed by atoms with Gasteiger partial charge in [-0.15, -0.1) is 0 Å². The first-order valence-electron chi connectivity index (χ1n) is 20.2. The number of ether oxygens (including phenoxy) is 2. The maximum absolute atomic E-state index is 12.5. The third-order valence-electron chi connectivity index (χ3n) is 8.68. The summed E-state index contributed by atoms with van der Waals surface area (Å²) in [5.74, 6) is -0.330. The Kier molecular flexibility index (Phi) is 36.9. The van der Waals surface area contributed by atoms with E-state index in [0.29, 0.717) is 13.0 Å². The van der Waals surface area contributed by atoms with Gasteiger partial charge in [0, 0.05) is 19.6 Å². The number of allylic oxidation sites excluding steroid dienone is 2. The average molecular weight is 704 g/mol. The topological polar surface area (TPSA) is 117 Å². The molecule has 0 spiro atoms. The lowest BCUT2D eigenvalue weighted by Crippen LogP contribution is -2.28. The van der Waals surface area contributed by atoms with Crippen LogP contribution < -0.4 is 5.73 Å². The SMILES string of the molecule is CCCCCCCC/C=C\CCCCCCCCOC[C@H](COP(=O)(O)OCCN)OC(=O)CCCCCCCCCCCCCCC. The molecule has 3 N–H and O–H groups in total. The predicted octanol–water partition coefficient (Wildman–Crippen LogP) is 11.5. The van der Waals surface area contributed by atoms with E-state index >= 15 is 0 Å². The molecule has 0 fully saturated rings. The van der Waals surface area contributed by atoms with Crippen LogP contribution in [0, 0.1) is 0 Å². The molecule has 0 bridgehead atoms. The zero-order valence-corrected chi connectivity index (χ0v) is 32.4. The van der Waals surface area contributed by atoms with Crippen molar-refractivity contribution in [2.24, 2.45) is 5.73 Å². The van der Waals surface area contributed by atoms with Gasteiger partial charge in [-0.2, -0.15) is 0 Å². The Hall–Kier alpha value is -0.760. The van der Waals surface area contributed by atoms with Crippen LogP contribution in [0.25, 0.3) is 0 Å². The molecule has 48 heavy (non-hydrogen) atoms. The number of carbonyl (C=O) groups is 1. The fourth-order valence-corrected chi connectivity index (χ4v) is 6.46. The summed E-state index contributed by atoms with van der Waals surface area (Å²) in [6.07, 6.45) is 37.9. The van der Waals surface area contributed by atoms with Gasteiger partial charge in [-0.3, -0.25) is 13.8 Å². The Balaban J connectivity index is 4.04. The molecule has 1 unspecified atom stereocenters. The minimum atomic E-state index is -4.27. The molecule has 0 heterocycles. The third kappa shape index (κ3) is 36.5. The van der Waals surface area contributed by atoms with E-state index in [-0.39, 0.29) is 32.3 Å². The number of carbonyl (C=O) groups excluding carboxylic acids is 1. The minimum Gasteiger partial charge on any atom is -0.457 e. The highest BCUT2D eigenvalue weighted by molar-refractivity contribution is 7.47. The Morgan fingerprint density at radius 1 is 0.604 bits per heavy atom. The second-order valence-electron chi connectivity index (χ2n) is 13.5. The molecule has 0 aliphatic carbocycles. The summed E-state index contributed by atoms with van der Waals surface area (Å²) in [4.78, 5) is 22.4. The molecule has 0 saturated carbocycles. The van der Waals surface area contributed by atoms with Crippen LogP contribution in [0.3, 0.4) is 0 Å². The second kappa shape index (κ2) is 37.5. The molecular weight excluding hydrogens is 625 g/mol. The lowest BCUT2D eigenvalue weighted by molar-refractivity contribution is -0.154. The van der Waals surface area contributed by atoms with Crippen molar-refractivity contribution in [3.63, 3.8) is 0 Å².